The number of nitrogens with zero attached hydrogens (tertiary/aromatic N) is 1. The Morgan fingerprint density at radius 3 is 2.50 bits per heavy atom. The van der Waals surface area contributed by atoms with Gasteiger partial charge >= 0.3 is 6.18 Å². The topological polar surface area (TPSA) is 92.6 Å². The van der Waals surface area contributed by atoms with Gasteiger partial charge in [-0.2, -0.15) is 17.5 Å². The molecule has 0 aliphatic rings. The predicted octanol–water partition coefficient (Wildman–Crippen LogP) is 4.54. The quantitative estimate of drug-likeness (QED) is 0.409. The molecule has 2 heterocycles. The Bertz CT molecular complexity index is 1480. The molecule has 0 aliphatic carbocycles. The van der Waals surface area contributed by atoms with E-state index in [1.165, 1.54) is 25.5 Å². The summed E-state index contributed by atoms with van der Waals surface area (Å²) in [7, 11) is -2.96. The van der Waals surface area contributed by atoms with Gasteiger partial charge in [-0.15, -0.1) is 0 Å². The Morgan fingerprint density at radius 1 is 1.03 bits per heavy atom. The van der Waals surface area contributed by atoms with Crippen LogP contribution in [0.4, 0.5) is 13.2 Å². The number of furan rings is 1. The zero-order valence-corrected chi connectivity index (χ0v) is 18.6. The minimum absolute atomic E-state index is 0.0999. The molecule has 4 rings (SSSR count). The lowest BCUT2D eigenvalue weighted by molar-refractivity contribution is -0.137. The number of methoxy groups -OCH3 is 1. The number of H-pyrrole nitrogens is 1. The number of hydrogen-bond donors (Lipinski definition) is 1. The zero-order valence-electron chi connectivity index (χ0n) is 17.8. The molecule has 0 fully saturated rings. The maximum absolute atomic E-state index is 13.4. The van der Waals surface area contributed by atoms with Crippen molar-refractivity contribution in [2.24, 2.45) is 0 Å². The van der Waals surface area contributed by atoms with E-state index in [0.29, 0.717) is 22.7 Å². The van der Waals surface area contributed by atoms with E-state index in [2.05, 4.69) is 4.98 Å². The number of rotatable bonds is 7. The third-order valence-electron chi connectivity index (χ3n) is 5.19. The van der Waals surface area contributed by atoms with Gasteiger partial charge in [-0.3, -0.25) is 4.79 Å². The summed E-state index contributed by atoms with van der Waals surface area (Å²) in [5.74, 6) is 0.795. The maximum atomic E-state index is 13.4. The van der Waals surface area contributed by atoms with Crippen LogP contribution in [-0.4, -0.2) is 24.8 Å². The van der Waals surface area contributed by atoms with Crippen molar-refractivity contribution in [1.82, 2.24) is 9.29 Å². The van der Waals surface area contributed by atoms with E-state index in [1.807, 2.05) is 0 Å². The highest BCUT2D eigenvalue weighted by Gasteiger charge is 2.33. The highest BCUT2D eigenvalue weighted by atomic mass is 32.2. The van der Waals surface area contributed by atoms with Crippen molar-refractivity contribution in [2.75, 3.05) is 7.11 Å². The van der Waals surface area contributed by atoms with Gasteiger partial charge in [0.1, 0.15) is 11.5 Å². The number of sulfonamides is 1. The number of alkyl halides is 3. The van der Waals surface area contributed by atoms with Gasteiger partial charge in [0.05, 0.1) is 30.4 Å². The number of fused-ring (bicyclic) bond motifs is 1. The molecule has 11 heteroatoms. The molecule has 0 unspecified atom stereocenters. The molecule has 0 bridgehead atoms. The number of aromatic amines is 1. The summed E-state index contributed by atoms with van der Waals surface area (Å²) in [5, 5.41) is 0.600. The van der Waals surface area contributed by atoms with Crippen molar-refractivity contribution in [3.63, 3.8) is 0 Å². The second-order valence-corrected chi connectivity index (χ2v) is 9.39. The van der Waals surface area contributed by atoms with Gasteiger partial charge < -0.3 is 14.1 Å². The van der Waals surface area contributed by atoms with Crippen LogP contribution in [0.2, 0.25) is 0 Å². The average molecular weight is 492 g/mol. The summed E-state index contributed by atoms with van der Waals surface area (Å²) in [4.78, 5) is 14.8. The number of ether oxygens (including phenoxy) is 1. The molecule has 4 aromatic rings. The molecule has 0 spiro atoms. The van der Waals surface area contributed by atoms with Gasteiger partial charge in [-0.05, 0) is 54.6 Å². The summed E-state index contributed by atoms with van der Waals surface area (Å²) in [5.41, 5.74) is -1.00. The van der Waals surface area contributed by atoms with E-state index >= 15 is 0 Å². The second kappa shape index (κ2) is 8.99. The molecule has 7 nitrogen and oxygen atoms in total. The normalized spacial score (nSPS) is 12.4. The Morgan fingerprint density at radius 2 is 1.82 bits per heavy atom. The van der Waals surface area contributed by atoms with Crippen molar-refractivity contribution in [1.29, 1.82) is 0 Å². The molecule has 178 valence electrons. The molecule has 0 saturated carbocycles. The van der Waals surface area contributed by atoms with E-state index < -0.39 is 38.8 Å². The molecule has 0 radical (unpaired) electrons. The number of pyridine rings is 1. The van der Waals surface area contributed by atoms with Crippen LogP contribution >= 0.6 is 0 Å². The molecule has 0 atom stereocenters. The van der Waals surface area contributed by atoms with Crippen LogP contribution in [0.3, 0.4) is 0 Å². The van der Waals surface area contributed by atoms with Crippen LogP contribution in [0.5, 0.6) is 5.75 Å². The van der Waals surface area contributed by atoms with Gasteiger partial charge in [-0.25, -0.2) is 8.42 Å². The summed E-state index contributed by atoms with van der Waals surface area (Å²) in [6.45, 7) is -0.692. The molecular formula is C23H19F3N2O5S. The van der Waals surface area contributed by atoms with Crippen LogP contribution in [0.25, 0.3) is 10.9 Å². The van der Waals surface area contributed by atoms with Crippen LogP contribution in [-0.2, 0) is 29.3 Å². The van der Waals surface area contributed by atoms with Crippen LogP contribution in [0.15, 0.2) is 81.0 Å². The summed E-state index contributed by atoms with van der Waals surface area (Å²) < 4.78 is 77.7. The fraction of sp³-hybridized carbons (Fsp3) is 0.174. The number of hydrogen-bond acceptors (Lipinski definition) is 5. The monoisotopic (exact) mass is 492 g/mol. The van der Waals surface area contributed by atoms with Gasteiger partial charge in [0.2, 0.25) is 10.0 Å². The fourth-order valence-electron chi connectivity index (χ4n) is 3.45. The first-order valence-corrected chi connectivity index (χ1v) is 11.4. The molecule has 2 aromatic heterocycles. The van der Waals surface area contributed by atoms with E-state index in [1.54, 1.807) is 24.3 Å². The molecule has 1 N–H and O–H groups in total. The Balaban J connectivity index is 1.78. The van der Waals surface area contributed by atoms with Crippen LogP contribution in [0.1, 0.15) is 16.9 Å². The van der Waals surface area contributed by atoms with Crippen molar-refractivity contribution >= 4 is 20.9 Å². The van der Waals surface area contributed by atoms with Gasteiger partial charge in [0.25, 0.3) is 5.56 Å². The first kappa shape index (κ1) is 23.6. The van der Waals surface area contributed by atoms with Gasteiger partial charge in [0, 0.05) is 23.0 Å². The molecule has 0 amide bonds. The second-order valence-electron chi connectivity index (χ2n) is 7.45. The molecular weight excluding hydrogens is 473 g/mol. The highest BCUT2D eigenvalue weighted by Crippen LogP contribution is 2.32. The highest BCUT2D eigenvalue weighted by molar-refractivity contribution is 7.89. The molecule has 0 saturated heterocycles. The van der Waals surface area contributed by atoms with Crippen molar-refractivity contribution in [3.05, 3.63) is 94.2 Å². The Kier molecular flexibility index (Phi) is 6.24. The van der Waals surface area contributed by atoms with E-state index in [9.17, 15) is 26.4 Å². The van der Waals surface area contributed by atoms with E-state index in [0.717, 1.165) is 22.5 Å². The predicted molar refractivity (Wildman–Crippen MR) is 118 cm³/mol. The smallest absolute Gasteiger partial charge is 0.416 e. The Hall–Kier alpha value is -3.57. The van der Waals surface area contributed by atoms with Crippen molar-refractivity contribution in [2.45, 2.75) is 24.2 Å². The van der Waals surface area contributed by atoms with Crippen molar-refractivity contribution in [3.8, 4) is 5.75 Å². The molecule has 2 aromatic carbocycles. The maximum Gasteiger partial charge on any atom is 0.416 e. The van der Waals surface area contributed by atoms with Crippen LogP contribution in [0, 0.1) is 0 Å². The third-order valence-corrected chi connectivity index (χ3v) is 6.97. The van der Waals surface area contributed by atoms with E-state index in [4.69, 9.17) is 9.15 Å². The lowest BCUT2D eigenvalue weighted by Gasteiger charge is -2.22. The standard InChI is InChI=1S/C23H19F3N2O5S/c1-32-18-7-8-21-15(11-18)10-16(22(29)27-21)13-28(14-19-5-3-9-33-19)34(30,31)20-6-2-4-17(12-20)23(24,25)26/h2-12H,13-14H2,1H3,(H,27,29). The Labute approximate surface area is 192 Å². The van der Waals surface area contributed by atoms with Crippen LogP contribution < -0.4 is 10.3 Å². The van der Waals surface area contributed by atoms with Gasteiger partial charge in [-0.1, -0.05) is 6.07 Å². The lowest BCUT2D eigenvalue weighted by Crippen LogP contribution is -2.32. The third kappa shape index (κ3) is 4.85. The SMILES string of the molecule is COc1ccc2[nH]c(=O)c(CN(Cc3ccco3)S(=O)(=O)c3cccc(C(F)(F)F)c3)cc2c1. The fourth-order valence-corrected chi connectivity index (χ4v) is 4.88. The first-order chi connectivity index (χ1) is 16.1. The minimum atomic E-state index is -4.72. The van der Waals surface area contributed by atoms with Gasteiger partial charge in [0.15, 0.2) is 0 Å². The summed E-state index contributed by atoms with van der Waals surface area (Å²) >= 11 is 0. The number of halogens is 3. The first-order valence-electron chi connectivity index (χ1n) is 9.97. The summed E-state index contributed by atoms with van der Waals surface area (Å²) in [6.07, 6.45) is -3.37. The average Bonchev–Trinajstić information content (AvgIpc) is 3.31. The molecule has 34 heavy (non-hydrogen) atoms. The number of benzene rings is 2. The van der Waals surface area contributed by atoms with Crippen molar-refractivity contribution < 1.29 is 30.7 Å². The minimum Gasteiger partial charge on any atom is -0.497 e. The lowest BCUT2D eigenvalue weighted by atomic mass is 10.1. The van der Waals surface area contributed by atoms with E-state index in [-0.39, 0.29) is 17.9 Å². The number of aromatic nitrogens is 1. The zero-order chi connectivity index (χ0) is 24.5. The number of nitrogens with one attached hydrogen (secondary N) is 1. The largest absolute Gasteiger partial charge is 0.497 e. The molecule has 0 aliphatic heterocycles. The summed E-state index contributed by atoms with van der Waals surface area (Å²) in [6, 6.07) is 13.1.